The molecule has 20 heavy (non-hydrogen) atoms. The fourth-order valence-corrected chi connectivity index (χ4v) is 2.99. The molecule has 0 radical (unpaired) electrons. The monoisotopic (exact) mass is 274 g/mol. The first kappa shape index (κ1) is 15.4. The van der Waals surface area contributed by atoms with Crippen LogP contribution in [0.3, 0.4) is 0 Å². The molecule has 0 aliphatic heterocycles. The first-order valence-corrected chi connectivity index (χ1v) is 8.20. The smallest absolute Gasteiger partial charge is 0.0366 e. The van der Waals surface area contributed by atoms with E-state index in [2.05, 4.69) is 61.3 Å². The Morgan fingerprint density at radius 2 is 1.90 bits per heavy atom. The summed E-state index contributed by atoms with van der Waals surface area (Å²) < 4.78 is 0. The molecule has 1 unspecified atom stereocenters. The number of hydrogen-bond acceptors (Lipinski definition) is 2. The maximum atomic E-state index is 3.74. The summed E-state index contributed by atoms with van der Waals surface area (Å²) in [5.41, 5.74) is 1.71. The van der Waals surface area contributed by atoms with E-state index in [1.54, 1.807) is 0 Å². The molecule has 0 saturated heterocycles. The van der Waals surface area contributed by atoms with Crippen molar-refractivity contribution in [3.8, 4) is 0 Å². The number of anilines is 1. The third-order valence-corrected chi connectivity index (χ3v) is 4.32. The lowest BCUT2D eigenvalue weighted by Crippen LogP contribution is -2.43. The van der Waals surface area contributed by atoms with Gasteiger partial charge in [-0.1, -0.05) is 38.5 Å². The van der Waals surface area contributed by atoms with Crippen LogP contribution in [0.15, 0.2) is 30.3 Å². The molecule has 1 N–H and O–H groups in total. The lowest BCUT2D eigenvalue weighted by molar-refractivity contribution is 0.280. The zero-order valence-corrected chi connectivity index (χ0v) is 13.4. The fraction of sp³-hybridized carbons (Fsp3) is 0.667. The molecule has 112 valence electrons. The van der Waals surface area contributed by atoms with E-state index in [1.165, 1.54) is 31.4 Å². The van der Waals surface area contributed by atoms with Gasteiger partial charge in [0, 0.05) is 31.4 Å². The highest BCUT2D eigenvalue weighted by atomic mass is 15.1. The average Bonchev–Trinajstić information content (AvgIpc) is 3.28. The molecule has 0 heterocycles. The van der Waals surface area contributed by atoms with Crippen molar-refractivity contribution in [3.05, 3.63) is 30.3 Å². The van der Waals surface area contributed by atoms with Gasteiger partial charge in [-0.25, -0.2) is 0 Å². The maximum absolute atomic E-state index is 3.74. The lowest BCUT2D eigenvalue weighted by atomic mass is 9.84. The zero-order valence-electron chi connectivity index (χ0n) is 13.4. The van der Waals surface area contributed by atoms with E-state index in [4.69, 9.17) is 0 Å². The molecule has 1 aliphatic carbocycles. The second kappa shape index (κ2) is 7.12. The first-order chi connectivity index (χ1) is 9.67. The van der Waals surface area contributed by atoms with E-state index < -0.39 is 0 Å². The van der Waals surface area contributed by atoms with Crippen LogP contribution in [0.4, 0.5) is 5.69 Å². The average molecular weight is 274 g/mol. The predicted molar refractivity (Wildman–Crippen MR) is 88.4 cm³/mol. The first-order valence-electron chi connectivity index (χ1n) is 8.20. The van der Waals surface area contributed by atoms with Crippen LogP contribution in [-0.4, -0.2) is 25.7 Å². The molecule has 0 spiro atoms. The van der Waals surface area contributed by atoms with Crippen molar-refractivity contribution in [1.29, 1.82) is 0 Å². The summed E-state index contributed by atoms with van der Waals surface area (Å²) in [7, 11) is 0. The molecular weight excluding hydrogens is 244 g/mol. The second-order valence-electron chi connectivity index (χ2n) is 6.57. The molecular formula is C18H30N2. The highest BCUT2D eigenvalue weighted by molar-refractivity contribution is 5.46. The zero-order chi connectivity index (χ0) is 14.4. The molecule has 1 aromatic rings. The number of nitrogens with one attached hydrogen (secondary N) is 1. The van der Waals surface area contributed by atoms with Crippen molar-refractivity contribution in [2.45, 2.75) is 52.5 Å². The van der Waals surface area contributed by atoms with Gasteiger partial charge in [0.15, 0.2) is 0 Å². The Hall–Kier alpha value is -1.02. The molecule has 1 atom stereocenters. The number of hydrogen-bond donors (Lipinski definition) is 1. The molecule has 0 amide bonds. The standard InChI is InChI=1S/C18H30N2/c1-4-13-18(3,14-19-16-11-12-16)15-20(5-2)17-9-7-6-8-10-17/h6-10,16,19H,4-5,11-15H2,1-3H3. The Balaban J connectivity index is 2.00. The van der Waals surface area contributed by atoms with Gasteiger partial charge < -0.3 is 10.2 Å². The lowest BCUT2D eigenvalue weighted by Gasteiger charge is -2.36. The Morgan fingerprint density at radius 1 is 1.20 bits per heavy atom. The fourth-order valence-electron chi connectivity index (χ4n) is 2.99. The van der Waals surface area contributed by atoms with E-state index in [-0.39, 0.29) is 0 Å². The van der Waals surface area contributed by atoms with Crippen molar-refractivity contribution < 1.29 is 0 Å². The van der Waals surface area contributed by atoms with Gasteiger partial charge in [-0.3, -0.25) is 0 Å². The third kappa shape index (κ3) is 4.52. The largest absolute Gasteiger partial charge is 0.371 e. The summed E-state index contributed by atoms with van der Waals surface area (Å²) in [6.07, 6.45) is 5.29. The third-order valence-electron chi connectivity index (χ3n) is 4.32. The van der Waals surface area contributed by atoms with Crippen LogP contribution in [-0.2, 0) is 0 Å². The number of benzene rings is 1. The quantitative estimate of drug-likeness (QED) is 0.730. The normalized spacial score (nSPS) is 17.8. The molecule has 0 aromatic heterocycles. The van der Waals surface area contributed by atoms with Gasteiger partial charge in [-0.2, -0.15) is 0 Å². The molecule has 1 aromatic carbocycles. The second-order valence-corrected chi connectivity index (χ2v) is 6.57. The van der Waals surface area contributed by atoms with Gasteiger partial charge in [-0.05, 0) is 43.7 Å². The van der Waals surface area contributed by atoms with Crippen LogP contribution >= 0.6 is 0 Å². The van der Waals surface area contributed by atoms with Crippen molar-refractivity contribution in [2.75, 3.05) is 24.5 Å². The topological polar surface area (TPSA) is 15.3 Å². The van der Waals surface area contributed by atoms with Crippen LogP contribution < -0.4 is 10.2 Å². The van der Waals surface area contributed by atoms with E-state index in [0.717, 1.165) is 25.7 Å². The molecule has 0 bridgehead atoms. The highest BCUT2D eigenvalue weighted by Crippen LogP contribution is 2.28. The molecule has 1 fully saturated rings. The van der Waals surface area contributed by atoms with Gasteiger partial charge in [0.25, 0.3) is 0 Å². The Bertz CT molecular complexity index is 386. The summed E-state index contributed by atoms with van der Waals surface area (Å²) in [6, 6.07) is 11.6. The molecule has 1 aliphatic rings. The molecule has 2 rings (SSSR count). The van der Waals surface area contributed by atoms with Gasteiger partial charge in [0.05, 0.1) is 0 Å². The Kier molecular flexibility index (Phi) is 5.47. The summed E-state index contributed by atoms with van der Waals surface area (Å²) in [5, 5.41) is 3.74. The van der Waals surface area contributed by atoms with Crippen molar-refractivity contribution >= 4 is 5.69 Å². The highest BCUT2D eigenvalue weighted by Gasteiger charge is 2.29. The predicted octanol–water partition coefficient (Wildman–Crippen LogP) is 4.07. The van der Waals surface area contributed by atoms with Crippen LogP contribution in [0.5, 0.6) is 0 Å². The molecule has 2 nitrogen and oxygen atoms in total. The van der Waals surface area contributed by atoms with Gasteiger partial charge in [0.2, 0.25) is 0 Å². The van der Waals surface area contributed by atoms with Gasteiger partial charge >= 0.3 is 0 Å². The Labute approximate surface area is 124 Å². The summed E-state index contributed by atoms with van der Waals surface area (Å²) in [4.78, 5) is 2.52. The minimum absolute atomic E-state index is 0.364. The Morgan fingerprint density at radius 3 is 2.45 bits per heavy atom. The number of nitrogens with zero attached hydrogens (tertiary/aromatic N) is 1. The minimum atomic E-state index is 0.364. The molecule has 2 heteroatoms. The van der Waals surface area contributed by atoms with Crippen LogP contribution in [0, 0.1) is 5.41 Å². The summed E-state index contributed by atoms with van der Waals surface area (Å²) in [6.45, 7) is 10.4. The van der Waals surface area contributed by atoms with Gasteiger partial charge in [0.1, 0.15) is 0 Å². The maximum Gasteiger partial charge on any atom is 0.0366 e. The van der Waals surface area contributed by atoms with Crippen molar-refractivity contribution in [2.24, 2.45) is 5.41 Å². The molecule has 1 saturated carbocycles. The van der Waals surface area contributed by atoms with Crippen molar-refractivity contribution in [1.82, 2.24) is 5.32 Å². The van der Waals surface area contributed by atoms with Crippen LogP contribution in [0.25, 0.3) is 0 Å². The summed E-state index contributed by atoms with van der Waals surface area (Å²) in [5.74, 6) is 0. The van der Waals surface area contributed by atoms with E-state index in [9.17, 15) is 0 Å². The summed E-state index contributed by atoms with van der Waals surface area (Å²) >= 11 is 0. The SMILES string of the molecule is CCCC(C)(CNC1CC1)CN(CC)c1ccccc1. The van der Waals surface area contributed by atoms with E-state index in [0.29, 0.717) is 5.41 Å². The number of rotatable bonds is 9. The number of para-hydroxylation sites is 1. The van der Waals surface area contributed by atoms with Crippen molar-refractivity contribution in [3.63, 3.8) is 0 Å². The van der Waals surface area contributed by atoms with E-state index in [1.807, 2.05) is 0 Å². The van der Waals surface area contributed by atoms with Gasteiger partial charge in [-0.15, -0.1) is 0 Å². The van der Waals surface area contributed by atoms with Crippen LogP contribution in [0.1, 0.15) is 46.5 Å². The van der Waals surface area contributed by atoms with Crippen LogP contribution in [0.2, 0.25) is 0 Å². The minimum Gasteiger partial charge on any atom is -0.371 e. The van der Waals surface area contributed by atoms with E-state index >= 15 is 0 Å².